The van der Waals surface area contributed by atoms with Crippen molar-refractivity contribution in [2.45, 2.75) is 0 Å². The van der Waals surface area contributed by atoms with Gasteiger partial charge in [0.1, 0.15) is 0 Å². The lowest BCUT2D eigenvalue weighted by Crippen LogP contribution is -2.03. The molecule has 0 amide bonds. The Balaban J connectivity index is 3.10. The highest BCUT2D eigenvalue weighted by Gasteiger charge is 2.03. The molecule has 1 heterocycles. The Kier molecular flexibility index (Phi) is 2.54. The van der Waals surface area contributed by atoms with E-state index in [1.807, 2.05) is 0 Å². The van der Waals surface area contributed by atoms with Crippen molar-refractivity contribution in [3.8, 4) is 0 Å². The molecule has 0 saturated heterocycles. The van der Waals surface area contributed by atoms with Crippen LogP contribution in [0.4, 0.5) is 11.8 Å². The van der Waals surface area contributed by atoms with Crippen LogP contribution in [-0.4, -0.2) is 28.5 Å². The summed E-state index contributed by atoms with van der Waals surface area (Å²) in [6.45, 7) is 0. The maximum absolute atomic E-state index is 10.3. The van der Waals surface area contributed by atoms with Gasteiger partial charge in [0.05, 0.1) is 5.56 Å². The van der Waals surface area contributed by atoms with Gasteiger partial charge in [-0.05, 0) is 0 Å². The van der Waals surface area contributed by atoms with E-state index in [0.717, 1.165) is 0 Å². The number of hydrogen-bond donors (Lipinski definition) is 3. The molecular weight excluding hydrogens is 160 g/mol. The van der Waals surface area contributed by atoms with Crippen molar-refractivity contribution in [1.29, 1.82) is 0 Å². The molecule has 0 aliphatic rings. The number of nitrogens with zero attached hydrogens (tertiary/aromatic N) is 2. The third kappa shape index (κ3) is 1.48. The molecule has 1 aromatic heterocycles. The number of carbonyl (C=O) groups is 1. The van der Waals surface area contributed by atoms with Gasteiger partial charge in [-0.25, -0.2) is 4.98 Å². The second kappa shape index (κ2) is 3.63. The topological polar surface area (TPSA) is 87.1 Å². The summed E-state index contributed by atoms with van der Waals surface area (Å²) in [6.07, 6.45) is 1.86. The van der Waals surface area contributed by atoms with Gasteiger partial charge in [0.2, 0.25) is 5.95 Å². The van der Waals surface area contributed by atoms with Crippen molar-refractivity contribution in [2.24, 2.45) is 0 Å². The van der Waals surface area contributed by atoms with Gasteiger partial charge in [-0.15, -0.1) is 0 Å². The minimum atomic E-state index is 0.0874. The Morgan fingerprint density at radius 3 is 2.92 bits per heavy atom. The molecule has 0 atom stereocenters. The molecule has 1 aromatic rings. The fourth-order valence-electron chi connectivity index (χ4n) is 0.687. The first-order valence-electron chi connectivity index (χ1n) is 3.22. The summed E-state index contributed by atoms with van der Waals surface area (Å²) in [5.74, 6) is 0.418. The zero-order valence-corrected chi connectivity index (χ0v) is 6.40. The van der Waals surface area contributed by atoms with Crippen molar-refractivity contribution in [3.05, 3.63) is 11.8 Å². The number of hydrogen-bond acceptors (Lipinski definition) is 6. The quantitative estimate of drug-likeness (QED) is 0.439. The second-order valence-corrected chi connectivity index (χ2v) is 1.98. The highest BCUT2D eigenvalue weighted by atomic mass is 16.5. The Bertz CT molecular complexity index is 289. The van der Waals surface area contributed by atoms with Gasteiger partial charge < -0.3 is 5.32 Å². The summed E-state index contributed by atoms with van der Waals surface area (Å²) in [6, 6.07) is 0. The number of carbonyl (C=O) groups excluding carboxylic acids is 1. The van der Waals surface area contributed by atoms with Gasteiger partial charge in [0, 0.05) is 13.2 Å². The molecule has 0 aliphatic heterocycles. The summed E-state index contributed by atoms with van der Waals surface area (Å²) in [4.78, 5) is 17.9. The van der Waals surface area contributed by atoms with E-state index < -0.39 is 0 Å². The summed E-state index contributed by atoms with van der Waals surface area (Å²) in [5.41, 5.74) is 2.00. The van der Waals surface area contributed by atoms with Gasteiger partial charge in [0.25, 0.3) is 0 Å². The molecule has 1 rings (SSSR count). The van der Waals surface area contributed by atoms with Crippen molar-refractivity contribution in [1.82, 2.24) is 9.97 Å². The molecule has 0 unspecified atom stereocenters. The van der Waals surface area contributed by atoms with E-state index in [0.29, 0.717) is 12.2 Å². The third-order valence-electron chi connectivity index (χ3n) is 1.27. The number of anilines is 2. The second-order valence-electron chi connectivity index (χ2n) is 1.98. The average molecular weight is 168 g/mol. The van der Waals surface area contributed by atoms with E-state index >= 15 is 0 Å². The minimum absolute atomic E-state index is 0.0874. The smallest absolute Gasteiger partial charge is 0.224 e. The summed E-state index contributed by atoms with van der Waals surface area (Å²) in [7, 11) is 1.64. The maximum Gasteiger partial charge on any atom is 0.224 e. The molecule has 0 radical (unpaired) electrons. The highest BCUT2D eigenvalue weighted by molar-refractivity contribution is 5.81. The fraction of sp³-hybridized carbons (Fsp3) is 0.167. The first-order valence-corrected chi connectivity index (χ1v) is 3.22. The van der Waals surface area contributed by atoms with Crippen molar-refractivity contribution >= 4 is 18.1 Å². The number of aldehydes is 1. The van der Waals surface area contributed by atoms with Crippen LogP contribution in [0.1, 0.15) is 10.4 Å². The molecule has 0 spiro atoms. The van der Waals surface area contributed by atoms with Crippen LogP contribution in [0.25, 0.3) is 0 Å². The first kappa shape index (κ1) is 8.41. The standard InChI is InChI=1S/C6H8N4O2/c1-7-6-8-2-4(3-11)5(9-6)10-12/h2-3,12H,1H3,(H2,7,8,9,10). The molecular formula is C6H8N4O2. The Labute approximate surface area is 68.6 Å². The fourth-order valence-corrected chi connectivity index (χ4v) is 0.687. The Morgan fingerprint density at radius 2 is 2.42 bits per heavy atom. The Morgan fingerprint density at radius 1 is 1.67 bits per heavy atom. The van der Waals surface area contributed by atoms with Gasteiger partial charge in [-0.2, -0.15) is 4.98 Å². The number of nitrogens with one attached hydrogen (secondary N) is 2. The third-order valence-corrected chi connectivity index (χ3v) is 1.27. The molecule has 0 aromatic carbocycles. The molecule has 6 nitrogen and oxygen atoms in total. The van der Waals surface area contributed by atoms with Crippen LogP contribution in [0.15, 0.2) is 6.20 Å². The van der Waals surface area contributed by atoms with Crippen LogP contribution in [0.3, 0.4) is 0 Å². The van der Waals surface area contributed by atoms with Crippen molar-refractivity contribution in [2.75, 3.05) is 17.8 Å². The van der Waals surface area contributed by atoms with E-state index in [1.54, 1.807) is 12.5 Å². The van der Waals surface area contributed by atoms with Gasteiger partial charge in [-0.3, -0.25) is 15.5 Å². The van der Waals surface area contributed by atoms with E-state index in [1.165, 1.54) is 6.20 Å². The van der Waals surface area contributed by atoms with Crippen LogP contribution in [0.2, 0.25) is 0 Å². The van der Waals surface area contributed by atoms with Crippen LogP contribution < -0.4 is 10.8 Å². The van der Waals surface area contributed by atoms with E-state index in [4.69, 9.17) is 5.21 Å². The predicted molar refractivity (Wildman–Crippen MR) is 42.4 cm³/mol. The molecule has 0 saturated carbocycles. The largest absolute Gasteiger partial charge is 0.357 e. The maximum atomic E-state index is 10.3. The van der Waals surface area contributed by atoms with E-state index in [2.05, 4.69) is 15.3 Å². The number of rotatable bonds is 3. The monoisotopic (exact) mass is 168 g/mol. The van der Waals surface area contributed by atoms with Gasteiger partial charge in [-0.1, -0.05) is 0 Å². The Hall–Kier alpha value is -1.69. The first-order chi connectivity index (χ1) is 5.81. The molecule has 0 aliphatic carbocycles. The molecule has 64 valence electrons. The normalized spacial score (nSPS) is 9.17. The molecule has 12 heavy (non-hydrogen) atoms. The summed E-state index contributed by atoms with van der Waals surface area (Å²) in [5, 5.41) is 11.2. The lowest BCUT2D eigenvalue weighted by atomic mass is 10.3. The summed E-state index contributed by atoms with van der Waals surface area (Å²) >= 11 is 0. The zero-order chi connectivity index (χ0) is 8.97. The SMILES string of the molecule is CNc1ncc(C=O)c(NO)n1. The lowest BCUT2D eigenvalue weighted by molar-refractivity contribution is 0.112. The van der Waals surface area contributed by atoms with E-state index in [-0.39, 0.29) is 11.4 Å². The van der Waals surface area contributed by atoms with Gasteiger partial charge >= 0.3 is 0 Å². The van der Waals surface area contributed by atoms with Gasteiger partial charge in [0.15, 0.2) is 12.1 Å². The van der Waals surface area contributed by atoms with Crippen LogP contribution >= 0.6 is 0 Å². The number of aromatic nitrogens is 2. The average Bonchev–Trinajstić information content (AvgIpc) is 2.16. The van der Waals surface area contributed by atoms with E-state index in [9.17, 15) is 4.79 Å². The molecule has 6 heteroatoms. The van der Waals surface area contributed by atoms with Crippen LogP contribution in [-0.2, 0) is 0 Å². The molecule has 3 N–H and O–H groups in total. The molecule has 0 bridgehead atoms. The predicted octanol–water partition coefficient (Wildman–Crippen LogP) is 0.132. The van der Waals surface area contributed by atoms with Crippen LogP contribution in [0, 0.1) is 0 Å². The van der Waals surface area contributed by atoms with Crippen LogP contribution in [0.5, 0.6) is 0 Å². The van der Waals surface area contributed by atoms with Crippen molar-refractivity contribution < 1.29 is 10.0 Å². The molecule has 0 fully saturated rings. The minimum Gasteiger partial charge on any atom is -0.357 e. The zero-order valence-electron chi connectivity index (χ0n) is 6.40. The summed E-state index contributed by atoms with van der Waals surface area (Å²) < 4.78 is 0. The van der Waals surface area contributed by atoms with Crippen molar-refractivity contribution in [3.63, 3.8) is 0 Å². The lowest BCUT2D eigenvalue weighted by Gasteiger charge is -2.02. The highest BCUT2D eigenvalue weighted by Crippen LogP contribution is 2.09.